The third kappa shape index (κ3) is 3.26. The summed E-state index contributed by atoms with van der Waals surface area (Å²) in [5.41, 5.74) is -1.30. The Kier molecular flexibility index (Phi) is 5.22. The van der Waals surface area contributed by atoms with Crippen LogP contribution in [0.2, 0.25) is 0 Å². The van der Waals surface area contributed by atoms with E-state index < -0.39 is 11.0 Å². The Morgan fingerprint density at radius 2 is 1.50 bits per heavy atom. The molecule has 0 aromatic carbocycles. The van der Waals surface area contributed by atoms with Gasteiger partial charge in [-0.15, -0.1) is 0 Å². The molecule has 1 fully saturated rings. The third-order valence-electron chi connectivity index (χ3n) is 4.30. The number of hydrogen-bond donors (Lipinski definition) is 1. The van der Waals surface area contributed by atoms with Crippen LogP contribution >= 0.6 is 0 Å². The summed E-state index contributed by atoms with van der Waals surface area (Å²) in [6, 6.07) is 2.52. The van der Waals surface area contributed by atoms with E-state index in [0.717, 1.165) is 38.5 Å². The molecule has 0 amide bonds. The highest BCUT2D eigenvalue weighted by atomic mass is 16.3. The molecular weight excluding hydrogens is 222 g/mol. The van der Waals surface area contributed by atoms with Crippen LogP contribution in [0.1, 0.15) is 72.6 Å². The largest absolute Gasteiger partial charge is 0.388 e. The van der Waals surface area contributed by atoms with E-state index in [1.165, 1.54) is 6.42 Å². The molecule has 1 saturated carbocycles. The molecule has 1 aliphatic carbocycles. The van der Waals surface area contributed by atoms with E-state index >= 15 is 0 Å². The van der Waals surface area contributed by atoms with Crippen LogP contribution in [0.3, 0.4) is 0 Å². The molecule has 0 saturated heterocycles. The van der Waals surface area contributed by atoms with Crippen LogP contribution in [0, 0.1) is 28.6 Å². The highest BCUT2D eigenvalue weighted by Gasteiger charge is 2.51. The Balaban J connectivity index is 3.02. The first-order valence-electron chi connectivity index (χ1n) is 7.49. The van der Waals surface area contributed by atoms with Crippen molar-refractivity contribution >= 4 is 0 Å². The number of rotatable bonds is 5. The van der Waals surface area contributed by atoms with E-state index in [4.69, 9.17) is 0 Å². The Bertz CT molecular complexity index is 285. The zero-order chi connectivity index (χ0) is 13.8. The van der Waals surface area contributed by atoms with E-state index in [-0.39, 0.29) is 0 Å². The molecule has 1 N–H and O–H groups in total. The lowest BCUT2D eigenvalue weighted by molar-refractivity contribution is -0.0995. The minimum atomic E-state index is -0.801. The highest BCUT2D eigenvalue weighted by Crippen LogP contribution is 2.49. The smallest absolute Gasteiger partial charge is 0.0860 e. The number of nitrogens with zero attached hydrogens (tertiary/aromatic N) is 1. The molecule has 0 aromatic rings. The predicted molar refractivity (Wildman–Crippen MR) is 75.0 cm³/mol. The minimum absolute atomic E-state index is 0.431. The number of nitriles is 1. The van der Waals surface area contributed by atoms with Crippen molar-refractivity contribution in [1.29, 1.82) is 5.26 Å². The van der Waals surface area contributed by atoms with Gasteiger partial charge in [-0.25, -0.2) is 0 Å². The summed E-state index contributed by atoms with van der Waals surface area (Å²) in [7, 11) is 0. The zero-order valence-electron chi connectivity index (χ0n) is 12.5. The zero-order valence-corrected chi connectivity index (χ0v) is 12.5. The van der Waals surface area contributed by atoms with Crippen LogP contribution in [0.25, 0.3) is 0 Å². The van der Waals surface area contributed by atoms with Crippen molar-refractivity contribution in [3.05, 3.63) is 0 Å². The van der Waals surface area contributed by atoms with Crippen molar-refractivity contribution in [3.8, 4) is 6.07 Å². The van der Waals surface area contributed by atoms with Gasteiger partial charge in [-0.2, -0.15) is 5.26 Å². The second kappa shape index (κ2) is 6.06. The Morgan fingerprint density at radius 3 is 1.83 bits per heavy atom. The molecule has 1 aliphatic rings. The summed E-state index contributed by atoms with van der Waals surface area (Å²) >= 11 is 0. The third-order valence-corrected chi connectivity index (χ3v) is 4.30. The van der Waals surface area contributed by atoms with Crippen molar-refractivity contribution in [2.45, 2.75) is 78.2 Å². The van der Waals surface area contributed by atoms with E-state index in [1.807, 2.05) is 0 Å². The lowest BCUT2D eigenvalue weighted by atomic mass is 9.59. The van der Waals surface area contributed by atoms with Gasteiger partial charge in [-0.05, 0) is 37.5 Å². The van der Waals surface area contributed by atoms with E-state index in [1.54, 1.807) is 0 Å². The second-order valence-corrected chi connectivity index (χ2v) is 6.98. The van der Waals surface area contributed by atoms with Gasteiger partial charge in [0.05, 0.1) is 17.1 Å². The SMILES string of the molecule is CC(C)CC(O)(CC(C)C)C1(C#N)CCCCC1. The summed E-state index contributed by atoms with van der Waals surface area (Å²) in [5.74, 6) is 0.863. The molecule has 18 heavy (non-hydrogen) atoms. The van der Waals surface area contributed by atoms with Crippen molar-refractivity contribution in [2.24, 2.45) is 17.3 Å². The van der Waals surface area contributed by atoms with Crippen LogP contribution < -0.4 is 0 Å². The quantitative estimate of drug-likeness (QED) is 0.792. The predicted octanol–water partition coefficient (Wildman–Crippen LogP) is 4.28. The minimum Gasteiger partial charge on any atom is -0.388 e. The summed E-state index contributed by atoms with van der Waals surface area (Å²) in [4.78, 5) is 0. The van der Waals surface area contributed by atoms with Crippen molar-refractivity contribution in [2.75, 3.05) is 0 Å². The van der Waals surface area contributed by atoms with Crippen LogP contribution in [0.15, 0.2) is 0 Å². The maximum absolute atomic E-state index is 11.2. The van der Waals surface area contributed by atoms with Crippen LogP contribution in [0.5, 0.6) is 0 Å². The molecule has 2 nitrogen and oxygen atoms in total. The number of hydrogen-bond acceptors (Lipinski definition) is 2. The molecule has 2 heteroatoms. The second-order valence-electron chi connectivity index (χ2n) is 6.98. The molecule has 0 heterocycles. The Labute approximate surface area is 112 Å². The number of aliphatic hydroxyl groups is 1. The summed E-state index contributed by atoms with van der Waals surface area (Å²) in [6.45, 7) is 8.55. The Morgan fingerprint density at radius 1 is 1.06 bits per heavy atom. The molecule has 0 aliphatic heterocycles. The average Bonchev–Trinajstić information content (AvgIpc) is 2.27. The van der Waals surface area contributed by atoms with Crippen LogP contribution in [-0.4, -0.2) is 10.7 Å². The van der Waals surface area contributed by atoms with Gasteiger partial charge in [0.25, 0.3) is 0 Å². The molecule has 0 aromatic heterocycles. The summed E-state index contributed by atoms with van der Waals surface area (Å²) < 4.78 is 0. The lowest BCUT2D eigenvalue weighted by Crippen LogP contribution is -2.50. The molecule has 104 valence electrons. The fourth-order valence-electron chi connectivity index (χ4n) is 3.66. The standard InChI is InChI=1S/C16H29NO/c1-13(2)10-16(18,11-14(3)4)15(12-17)8-6-5-7-9-15/h13-14,18H,5-11H2,1-4H3. The van der Waals surface area contributed by atoms with Crippen molar-refractivity contribution < 1.29 is 5.11 Å². The van der Waals surface area contributed by atoms with Crippen molar-refractivity contribution in [1.82, 2.24) is 0 Å². The maximum atomic E-state index is 11.2. The topological polar surface area (TPSA) is 44.0 Å². The summed E-state index contributed by atoms with van der Waals surface area (Å²) in [6.07, 6.45) is 6.64. The monoisotopic (exact) mass is 251 g/mol. The van der Waals surface area contributed by atoms with E-state index in [2.05, 4.69) is 33.8 Å². The normalized spacial score (nSPS) is 20.1. The van der Waals surface area contributed by atoms with Gasteiger partial charge in [-0.3, -0.25) is 0 Å². The van der Waals surface area contributed by atoms with Gasteiger partial charge in [-0.1, -0.05) is 47.0 Å². The van der Waals surface area contributed by atoms with Gasteiger partial charge in [0.1, 0.15) is 0 Å². The van der Waals surface area contributed by atoms with Gasteiger partial charge in [0, 0.05) is 0 Å². The van der Waals surface area contributed by atoms with Gasteiger partial charge in [0.15, 0.2) is 0 Å². The van der Waals surface area contributed by atoms with Gasteiger partial charge < -0.3 is 5.11 Å². The van der Waals surface area contributed by atoms with E-state index in [0.29, 0.717) is 11.8 Å². The van der Waals surface area contributed by atoms with Gasteiger partial charge >= 0.3 is 0 Å². The maximum Gasteiger partial charge on any atom is 0.0860 e. The fraction of sp³-hybridized carbons (Fsp3) is 0.938. The lowest BCUT2D eigenvalue weighted by Gasteiger charge is -2.47. The molecule has 0 spiro atoms. The van der Waals surface area contributed by atoms with Crippen LogP contribution in [-0.2, 0) is 0 Å². The molecule has 0 bridgehead atoms. The molecule has 0 unspecified atom stereocenters. The Hall–Kier alpha value is -0.550. The van der Waals surface area contributed by atoms with Gasteiger partial charge in [0.2, 0.25) is 0 Å². The first kappa shape index (κ1) is 15.5. The van der Waals surface area contributed by atoms with Crippen LogP contribution in [0.4, 0.5) is 0 Å². The summed E-state index contributed by atoms with van der Waals surface area (Å²) in [5, 5.41) is 20.9. The molecule has 0 radical (unpaired) electrons. The molecular formula is C16H29NO. The molecule has 0 atom stereocenters. The molecule has 1 rings (SSSR count). The highest BCUT2D eigenvalue weighted by molar-refractivity contribution is 5.12. The first-order valence-corrected chi connectivity index (χ1v) is 7.49. The fourth-order valence-corrected chi connectivity index (χ4v) is 3.66. The average molecular weight is 251 g/mol. The van der Waals surface area contributed by atoms with Crippen molar-refractivity contribution in [3.63, 3.8) is 0 Å². The first-order chi connectivity index (χ1) is 8.35. The van der Waals surface area contributed by atoms with E-state index in [9.17, 15) is 10.4 Å².